The fraction of sp³-hybridized carbons (Fsp3) is 0. The highest BCUT2D eigenvalue weighted by atomic mass is 35.5. The van der Waals surface area contributed by atoms with Crippen molar-refractivity contribution in [1.82, 2.24) is 9.97 Å². The summed E-state index contributed by atoms with van der Waals surface area (Å²) in [7, 11) is 0. The lowest BCUT2D eigenvalue weighted by Gasteiger charge is -2.04. The number of halogens is 2. The minimum atomic E-state index is 0.460. The molecule has 6 heteroatoms. The van der Waals surface area contributed by atoms with Gasteiger partial charge in [-0.05, 0) is 30.3 Å². The number of rotatable bonds is 3. The van der Waals surface area contributed by atoms with Crippen LogP contribution in [0.4, 0.5) is 0 Å². The monoisotopic (exact) mass is 310 g/mol. The minimum absolute atomic E-state index is 0.460. The van der Waals surface area contributed by atoms with Crippen LogP contribution in [0, 0.1) is 0 Å². The highest BCUT2D eigenvalue weighted by Gasteiger charge is 2.09. The van der Waals surface area contributed by atoms with Crippen LogP contribution in [0.3, 0.4) is 0 Å². The zero-order valence-corrected chi connectivity index (χ0v) is 11.9. The van der Waals surface area contributed by atoms with Crippen LogP contribution in [0.15, 0.2) is 41.9 Å². The molecule has 0 fully saturated rings. The van der Waals surface area contributed by atoms with Gasteiger partial charge in [-0.2, -0.15) is 4.98 Å². The molecule has 0 spiro atoms. The lowest BCUT2D eigenvalue weighted by molar-refractivity contribution is 0.467. The SMILES string of the molecule is Clc1ccc(Oc2csc(-c3ccc[nH]3)n2)c(Cl)c1. The zero-order valence-electron chi connectivity index (χ0n) is 9.56. The minimum Gasteiger partial charge on any atom is -0.437 e. The quantitative estimate of drug-likeness (QED) is 0.718. The molecule has 0 aliphatic carbocycles. The van der Waals surface area contributed by atoms with E-state index in [0.717, 1.165) is 10.7 Å². The van der Waals surface area contributed by atoms with Gasteiger partial charge < -0.3 is 9.72 Å². The van der Waals surface area contributed by atoms with Gasteiger partial charge >= 0.3 is 0 Å². The predicted octanol–water partition coefficient (Wildman–Crippen LogP) is 5.24. The number of aromatic nitrogens is 2. The Kier molecular flexibility index (Phi) is 3.46. The highest BCUT2D eigenvalue weighted by Crippen LogP contribution is 2.33. The standard InChI is InChI=1S/C13H8Cl2N2OS/c14-8-3-4-11(9(15)6-8)18-12-7-19-13(17-12)10-2-1-5-16-10/h1-7,16H. The average molecular weight is 311 g/mol. The van der Waals surface area contributed by atoms with Gasteiger partial charge in [0.1, 0.15) is 10.8 Å². The maximum absolute atomic E-state index is 6.05. The molecule has 3 nitrogen and oxygen atoms in total. The third-order valence-electron chi connectivity index (χ3n) is 2.42. The fourth-order valence-corrected chi connectivity index (χ4v) is 2.72. The first-order valence-electron chi connectivity index (χ1n) is 5.44. The summed E-state index contributed by atoms with van der Waals surface area (Å²) in [5, 5.41) is 3.73. The maximum atomic E-state index is 6.05. The van der Waals surface area contributed by atoms with Crippen molar-refractivity contribution in [1.29, 1.82) is 0 Å². The summed E-state index contributed by atoms with van der Waals surface area (Å²) in [5.74, 6) is 1.05. The van der Waals surface area contributed by atoms with Crippen LogP contribution in [0.2, 0.25) is 10.0 Å². The number of hydrogen-bond acceptors (Lipinski definition) is 3. The first kappa shape index (κ1) is 12.5. The van der Waals surface area contributed by atoms with E-state index >= 15 is 0 Å². The van der Waals surface area contributed by atoms with Crippen LogP contribution < -0.4 is 4.74 Å². The van der Waals surface area contributed by atoms with Gasteiger partial charge in [-0.3, -0.25) is 0 Å². The van der Waals surface area contributed by atoms with Crippen LogP contribution in [0.1, 0.15) is 0 Å². The Bertz CT molecular complexity index is 694. The molecule has 2 aromatic heterocycles. The van der Waals surface area contributed by atoms with Gasteiger partial charge in [0, 0.05) is 11.2 Å². The average Bonchev–Trinajstić information content (AvgIpc) is 3.03. The first-order chi connectivity index (χ1) is 9.22. The molecule has 0 atom stereocenters. The van der Waals surface area contributed by atoms with Crippen molar-refractivity contribution in [3.05, 3.63) is 52.0 Å². The number of hydrogen-bond donors (Lipinski definition) is 1. The lowest BCUT2D eigenvalue weighted by Crippen LogP contribution is -1.85. The molecule has 0 aliphatic rings. The fourth-order valence-electron chi connectivity index (χ4n) is 1.56. The van der Waals surface area contributed by atoms with Gasteiger partial charge in [-0.25, -0.2) is 0 Å². The van der Waals surface area contributed by atoms with Gasteiger partial charge in [0.25, 0.3) is 0 Å². The topological polar surface area (TPSA) is 37.9 Å². The molecule has 96 valence electrons. The zero-order chi connectivity index (χ0) is 13.2. The number of benzene rings is 1. The summed E-state index contributed by atoms with van der Waals surface area (Å²) in [5.41, 5.74) is 0.960. The van der Waals surface area contributed by atoms with Crippen molar-refractivity contribution in [2.45, 2.75) is 0 Å². The number of thiazole rings is 1. The molecule has 19 heavy (non-hydrogen) atoms. The molecule has 0 saturated heterocycles. The normalized spacial score (nSPS) is 10.6. The molecular weight excluding hydrogens is 303 g/mol. The van der Waals surface area contributed by atoms with Crippen molar-refractivity contribution in [3.63, 3.8) is 0 Å². The van der Waals surface area contributed by atoms with Gasteiger partial charge in [-0.1, -0.05) is 23.2 Å². The van der Waals surface area contributed by atoms with E-state index in [2.05, 4.69) is 9.97 Å². The second kappa shape index (κ2) is 5.25. The van der Waals surface area contributed by atoms with Gasteiger partial charge in [0.05, 0.1) is 16.1 Å². The second-order valence-electron chi connectivity index (χ2n) is 3.75. The van der Waals surface area contributed by atoms with E-state index in [1.54, 1.807) is 18.2 Å². The molecular formula is C13H8Cl2N2OS. The third-order valence-corrected chi connectivity index (χ3v) is 3.80. The van der Waals surface area contributed by atoms with E-state index in [-0.39, 0.29) is 0 Å². The number of ether oxygens (including phenoxy) is 1. The van der Waals surface area contributed by atoms with E-state index in [4.69, 9.17) is 27.9 Å². The van der Waals surface area contributed by atoms with E-state index in [1.165, 1.54) is 11.3 Å². The molecule has 0 aliphatic heterocycles. The van der Waals surface area contributed by atoms with Crippen molar-refractivity contribution in [2.75, 3.05) is 0 Å². The summed E-state index contributed by atoms with van der Waals surface area (Å²) >= 11 is 13.4. The van der Waals surface area contributed by atoms with Crippen molar-refractivity contribution in [3.8, 4) is 22.3 Å². The molecule has 1 N–H and O–H groups in total. The van der Waals surface area contributed by atoms with Crippen molar-refractivity contribution >= 4 is 34.5 Å². The Morgan fingerprint density at radius 2 is 2.11 bits per heavy atom. The van der Waals surface area contributed by atoms with Crippen LogP contribution in [-0.2, 0) is 0 Å². The highest BCUT2D eigenvalue weighted by molar-refractivity contribution is 7.13. The Morgan fingerprint density at radius 1 is 1.21 bits per heavy atom. The predicted molar refractivity (Wildman–Crippen MR) is 78.4 cm³/mol. The molecule has 0 unspecified atom stereocenters. The van der Waals surface area contributed by atoms with E-state index in [1.807, 2.05) is 23.7 Å². The van der Waals surface area contributed by atoms with E-state index in [0.29, 0.717) is 21.7 Å². The number of nitrogens with zero attached hydrogens (tertiary/aromatic N) is 1. The second-order valence-corrected chi connectivity index (χ2v) is 5.45. The smallest absolute Gasteiger partial charge is 0.230 e. The number of nitrogens with one attached hydrogen (secondary N) is 1. The lowest BCUT2D eigenvalue weighted by atomic mass is 10.3. The molecule has 3 rings (SSSR count). The molecule has 3 aromatic rings. The van der Waals surface area contributed by atoms with Crippen LogP contribution in [-0.4, -0.2) is 9.97 Å². The Labute approximate surface area is 123 Å². The largest absolute Gasteiger partial charge is 0.437 e. The van der Waals surface area contributed by atoms with Crippen LogP contribution in [0.5, 0.6) is 11.6 Å². The molecule has 0 amide bonds. The van der Waals surface area contributed by atoms with Crippen molar-refractivity contribution in [2.24, 2.45) is 0 Å². The molecule has 2 heterocycles. The van der Waals surface area contributed by atoms with Gasteiger partial charge in [-0.15, -0.1) is 11.3 Å². The Morgan fingerprint density at radius 3 is 2.84 bits per heavy atom. The molecule has 0 saturated carbocycles. The van der Waals surface area contributed by atoms with Crippen LogP contribution >= 0.6 is 34.5 Å². The van der Waals surface area contributed by atoms with Crippen molar-refractivity contribution < 1.29 is 4.74 Å². The van der Waals surface area contributed by atoms with Crippen LogP contribution in [0.25, 0.3) is 10.7 Å². The molecule has 0 radical (unpaired) electrons. The summed E-state index contributed by atoms with van der Waals surface area (Å²) < 4.78 is 5.64. The first-order valence-corrected chi connectivity index (χ1v) is 7.08. The third kappa shape index (κ3) is 2.76. The molecule has 0 bridgehead atoms. The Balaban J connectivity index is 1.84. The summed E-state index contributed by atoms with van der Waals surface area (Å²) in [4.78, 5) is 7.48. The summed E-state index contributed by atoms with van der Waals surface area (Å²) in [6.45, 7) is 0. The molecule has 1 aromatic carbocycles. The number of H-pyrrole nitrogens is 1. The van der Waals surface area contributed by atoms with E-state index in [9.17, 15) is 0 Å². The number of aromatic amines is 1. The summed E-state index contributed by atoms with van der Waals surface area (Å²) in [6, 6.07) is 8.96. The van der Waals surface area contributed by atoms with Gasteiger partial charge in [0.15, 0.2) is 0 Å². The van der Waals surface area contributed by atoms with E-state index < -0.39 is 0 Å². The Hall–Kier alpha value is -1.49. The maximum Gasteiger partial charge on any atom is 0.230 e. The summed E-state index contributed by atoms with van der Waals surface area (Å²) in [6.07, 6.45) is 1.85. The van der Waals surface area contributed by atoms with Gasteiger partial charge in [0.2, 0.25) is 5.88 Å².